The molecule has 31 heavy (non-hydrogen) atoms. The topological polar surface area (TPSA) is 103 Å². The molecule has 0 fully saturated rings. The van der Waals surface area contributed by atoms with Gasteiger partial charge in [0.15, 0.2) is 0 Å². The van der Waals surface area contributed by atoms with E-state index in [0.717, 1.165) is 42.0 Å². The molecule has 0 bridgehead atoms. The Balaban J connectivity index is 1.70. The van der Waals surface area contributed by atoms with E-state index in [2.05, 4.69) is 4.98 Å². The number of hydrogen-bond acceptors (Lipinski definition) is 6. The van der Waals surface area contributed by atoms with Gasteiger partial charge < -0.3 is 24.4 Å². The van der Waals surface area contributed by atoms with Crippen molar-refractivity contribution < 1.29 is 29.2 Å². The first-order chi connectivity index (χ1) is 15.1. The molecule has 0 saturated carbocycles. The number of carboxylic acids is 1. The summed E-state index contributed by atoms with van der Waals surface area (Å²) in [6.07, 6.45) is 4.11. The summed E-state index contributed by atoms with van der Waals surface area (Å²) in [5.74, 6) is -0.0424. The number of benzene rings is 2. The van der Waals surface area contributed by atoms with Gasteiger partial charge in [0.1, 0.15) is 18.1 Å². The van der Waals surface area contributed by atoms with E-state index >= 15 is 0 Å². The van der Waals surface area contributed by atoms with Crippen LogP contribution in [0.2, 0.25) is 0 Å². The molecule has 0 aliphatic rings. The maximum Gasteiger partial charge on any atom is 0.329 e. The molecule has 164 valence electrons. The van der Waals surface area contributed by atoms with Crippen molar-refractivity contribution in [2.45, 2.75) is 19.3 Å². The van der Waals surface area contributed by atoms with E-state index in [9.17, 15) is 9.90 Å². The second kappa shape index (κ2) is 11.0. The molecule has 3 rings (SSSR count). The number of imidazole rings is 1. The van der Waals surface area contributed by atoms with Gasteiger partial charge in [-0.25, -0.2) is 9.78 Å². The fourth-order valence-corrected chi connectivity index (χ4v) is 3.09. The lowest BCUT2D eigenvalue weighted by Crippen LogP contribution is -2.08. The number of phenolic OH excluding ortho intramolecular Hbond substituents is 1. The van der Waals surface area contributed by atoms with Crippen LogP contribution < -0.4 is 9.47 Å². The van der Waals surface area contributed by atoms with Crippen LogP contribution in [0.3, 0.4) is 0 Å². The predicted octanol–water partition coefficient (Wildman–Crippen LogP) is 3.90. The second-order valence-electron chi connectivity index (χ2n) is 6.87. The molecule has 2 aromatic carbocycles. The quantitative estimate of drug-likeness (QED) is 0.423. The predicted molar refractivity (Wildman–Crippen MR) is 115 cm³/mol. The smallest absolute Gasteiger partial charge is 0.329 e. The van der Waals surface area contributed by atoms with Gasteiger partial charge in [0, 0.05) is 12.2 Å². The van der Waals surface area contributed by atoms with E-state index in [0.29, 0.717) is 19.2 Å². The van der Waals surface area contributed by atoms with Crippen LogP contribution in [0.4, 0.5) is 0 Å². The van der Waals surface area contributed by atoms with E-state index < -0.39 is 5.97 Å². The third kappa shape index (κ3) is 6.23. The molecule has 3 aromatic rings. The molecule has 8 nitrogen and oxygen atoms in total. The zero-order valence-corrected chi connectivity index (χ0v) is 17.4. The fourth-order valence-electron chi connectivity index (χ4n) is 3.09. The molecule has 8 heteroatoms. The van der Waals surface area contributed by atoms with Gasteiger partial charge in [-0.2, -0.15) is 0 Å². The van der Waals surface area contributed by atoms with Crippen LogP contribution in [0, 0.1) is 0 Å². The van der Waals surface area contributed by atoms with E-state index in [1.807, 2.05) is 34.9 Å². The highest BCUT2D eigenvalue weighted by Gasteiger charge is 2.15. The van der Waals surface area contributed by atoms with Crippen molar-refractivity contribution in [1.82, 2.24) is 9.55 Å². The van der Waals surface area contributed by atoms with Gasteiger partial charge in [0.05, 0.1) is 31.3 Å². The number of nitrogens with zero attached hydrogens (tertiary/aromatic N) is 2. The number of methoxy groups -OCH3 is 1. The molecular formula is C23H26N2O6. The molecule has 1 aromatic heterocycles. The summed E-state index contributed by atoms with van der Waals surface area (Å²) in [7, 11) is 1.62. The number of aromatic nitrogens is 2. The molecule has 0 atom stereocenters. The van der Waals surface area contributed by atoms with Gasteiger partial charge >= 0.3 is 12.0 Å². The van der Waals surface area contributed by atoms with Gasteiger partial charge in [-0.15, -0.1) is 0 Å². The van der Waals surface area contributed by atoms with Crippen molar-refractivity contribution in [3.05, 3.63) is 54.7 Å². The molecule has 0 saturated heterocycles. The Morgan fingerprint density at radius 2 is 1.84 bits per heavy atom. The Kier molecular flexibility index (Phi) is 7.89. The van der Waals surface area contributed by atoms with E-state index in [1.165, 1.54) is 0 Å². The summed E-state index contributed by atoms with van der Waals surface area (Å²) in [6.45, 7) is 0.605. The summed E-state index contributed by atoms with van der Waals surface area (Å²) < 4.78 is 18.1. The zero-order valence-electron chi connectivity index (χ0n) is 17.4. The Bertz CT molecular complexity index is 984. The minimum atomic E-state index is -0.962. The van der Waals surface area contributed by atoms with Crippen LogP contribution in [0.15, 0.2) is 54.7 Å². The molecule has 0 aliphatic heterocycles. The number of phenols is 1. The summed E-state index contributed by atoms with van der Waals surface area (Å²) in [6, 6.07) is 15.0. The molecule has 1 heterocycles. The number of aromatic hydroxyl groups is 1. The van der Waals surface area contributed by atoms with Gasteiger partial charge in [-0.05, 0) is 55.7 Å². The van der Waals surface area contributed by atoms with Crippen LogP contribution in [0.1, 0.15) is 19.3 Å². The van der Waals surface area contributed by atoms with Crippen molar-refractivity contribution in [1.29, 1.82) is 0 Å². The minimum absolute atomic E-state index is 0.174. The number of hydrogen-bond donors (Lipinski definition) is 2. The zero-order chi connectivity index (χ0) is 22.1. The first kappa shape index (κ1) is 22.2. The molecule has 0 spiro atoms. The van der Waals surface area contributed by atoms with Crippen molar-refractivity contribution in [3.8, 4) is 34.5 Å². The van der Waals surface area contributed by atoms with Gasteiger partial charge in [0.2, 0.25) is 0 Å². The van der Waals surface area contributed by atoms with Crippen LogP contribution in [-0.2, 0) is 9.53 Å². The van der Waals surface area contributed by atoms with Gasteiger partial charge in [-0.3, -0.25) is 4.57 Å². The standard InChI is InChI=1S/C23H26N2O6/c1-29-20-10-8-18(9-11-20)25-21(17-6-5-7-19(26)14-17)15-24-23(25)31-13-4-2-3-12-30-16-22(27)28/h5-11,14-15,26H,2-4,12-13,16H2,1H3,(H,27,28). The van der Waals surface area contributed by atoms with Crippen molar-refractivity contribution >= 4 is 5.97 Å². The van der Waals surface area contributed by atoms with E-state index in [1.54, 1.807) is 31.5 Å². The average Bonchev–Trinajstić information content (AvgIpc) is 3.19. The first-order valence-electron chi connectivity index (χ1n) is 10.0. The Morgan fingerprint density at radius 1 is 1.06 bits per heavy atom. The summed E-state index contributed by atoms with van der Waals surface area (Å²) >= 11 is 0. The van der Waals surface area contributed by atoms with Gasteiger partial charge in [0.25, 0.3) is 0 Å². The monoisotopic (exact) mass is 426 g/mol. The lowest BCUT2D eigenvalue weighted by molar-refractivity contribution is -0.142. The number of rotatable bonds is 12. The van der Waals surface area contributed by atoms with E-state index in [-0.39, 0.29) is 12.4 Å². The molecule has 2 N–H and O–H groups in total. The number of carbonyl (C=O) groups is 1. The molecular weight excluding hydrogens is 400 g/mol. The number of ether oxygens (including phenoxy) is 3. The van der Waals surface area contributed by atoms with Gasteiger partial charge in [-0.1, -0.05) is 12.1 Å². The lowest BCUT2D eigenvalue weighted by Gasteiger charge is -2.13. The third-order valence-corrected chi connectivity index (χ3v) is 4.59. The molecule has 0 radical (unpaired) electrons. The summed E-state index contributed by atoms with van der Waals surface area (Å²) in [5, 5.41) is 18.4. The maximum absolute atomic E-state index is 10.4. The number of carboxylic acid groups (broad SMARTS) is 1. The van der Waals surface area contributed by atoms with E-state index in [4.69, 9.17) is 19.3 Å². The highest BCUT2D eigenvalue weighted by molar-refractivity contribution is 5.68. The SMILES string of the molecule is COc1ccc(-n2c(-c3cccc(O)c3)cnc2OCCCCCOCC(=O)O)cc1. The highest BCUT2D eigenvalue weighted by atomic mass is 16.5. The number of unbranched alkanes of at least 4 members (excludes halogenated alkanes) is 2. The largest absolute Gasteiger partial charge is 0.508 e. The summed E-state index contributed by atoms with van der Waals surface area (Å²) in [4.78, 5) is 14.9. The fraction of sp³-hybridized carbons (Fsp3) is 0.304. The molecule has 0 unspecified atom stereocenters. The average molecular weight is 426 g/mol. The van der Waals surface area contributed by atoms with Crippen molar-refractivity contribution in [2.75, 3.05) is 26.9 Å². The van der Waals surface area contributed by atoms with Crippen LogP contribution in [0.25, 0.3) is 16.9 Å². The second-order valence-corrected chi connectivity index (χ2v) is 6.87. The van der Waals surface area contributed by atoms with Crippen LogP contribution in [-0.4, -0.2) is 52.7 Å². The molecule has 0 aliphatic carbocycles. The van der Waals surface area contributed by atoms with Crippen molar-refractivity contribution in [3.63, 3.8) is 0 Å². The Morgan fingerprint density at radius 3 is 2.55 bits per heavy atom. The van der Waals surface area contributed by atoms with Crippen molar-refractivity contribution in [2.24, 2.45) is 0 Å². The minimum Gasteiger partial charge on any atom is -0.508 e. The normalized spacial score (nSPS) is 10.7. The van der Waals surface area contributed by atoms with Crippen LogP contribution >= 0.6 is 0 Å². The Hall–Kier alpha value is -3.52. The lowest BCUT2D eigenvalue weighted by atomic mass is 10.1. The highest BCUT2D eigenvalue weighted by Crippen LogP contribution is 2.31. The molecule has 0 amide bonds. The third-order valence-electron chi connectivity index (χ3n) is 4.59. The van der Waals surface area contributed by atoms with Crippen LogP contribution in [0.5, 0.6) is 17.5 Å². The maximum atomic E-state index is 10.4. The number of aliphatic carboxylic acids is 1. The Labute approximate surface area is 180 Å². The first-order valence-corrected chi connectivity index (χ1v) is 10.0. The summed E-state index contributed by atoms with van der Waals surface area (Å²) in [5.41, 5.74) is 2.46.